The van der Waals surface area contributed by atoms with Crippen molar-refractivity contribution in [3.63, 3.8) is 0 Å². The zero-order chi connectivity index (χ0) is 16.2. The first-order valence-corrected chi connectivity index (χ1v) is 7.79. The van der Waals surface area contributed by atoms with Crippen LogP contribution in [0.25, 0.3) is 0 Å². The lowest BCUT2D eigenvalue weighted by molar-refractivity contribution is -0.129. The number of rotatable bonds is 4. The molecule has 2 aromatic carbocycles. The van der Waals surface area contributed by atoms with Crippen molar-refractivity contribution in [2.24, 2.45) is 0 Å². The van der Waals surface area contributed by atoms with Gasteiger partial charge in [-0.2, -0.15) is 0 Å². The first-order chi connectivity index (χ1) is 11.2. The summed E-state index contributed by atoms with van der Waals surface area (Å²) in [5.74, 6) is 1.58. The smallest absolute Gasteiger partial charge is 0.219 e. The summed E-state index contributed by atoms with van der Waals surface area (Å²) >= 11 is 0. The van der Waals surface area contributed by atoms with E-state index in [0.717, 1.165) is 35.6 Å². The number of carbonyl (C=O) groups excluding carboxylic acids is 1. The second-order valence-electron chi connectivity index (χ2n) is 5.74. The Balaban J connectivity index is 1.82. The third kappa shape index (κ3) is 3.47. The fourth-order valence-corrected chi connectivity index (χ4v) is 2.84. The Morgan fingerprint density at radius 3 is 2.57 bits per heavy atom. The van der Waals surface area contributed by atoms with E-state index in [4.69, 9.17) is 9.47 Å². The summed E-state index contributed by atoms with van der Waals surface area (Å²) in [6.07, 6.45) is 0.851. The third-order valence-corrected chi connectivity index (χ3v) is 4.18. The Hall–Kier alpha value is -2.49. The van der Waals surface area contributed by atoms with Crippen molar-refractivity contribution in [1.29, 1.82) is 0 Å². The summed E-state index contributed by atoms with van der Waals surface area (Å²) in [4.78, 5) is 13.5. The first-order valence-electron chi connectivity index (χ1n) is 7.79. The fourth-order valence-electron chi connectivity index (χ4n) is 2.84. The lowest BCUT2D eigenvalue weighted by atomic mass is 9.99. The highest BCUT2D eigenvalue weighted by atomic mass is 16.5. The third-order valence-electron chi connectivity index (χ3n) is 4.18. The maximum absolute atomic E-state index is 11.6. The largest absolute Gasteiger partial charge is 0.493 e. The number of ether oxygens (including phenoxy) is 2. The molecule has 120 valence electrons. The molecular weight excluding hydrogens is 290 g/mol. The Labute approximate surface area is 136 Å². The highest BCUT2D eigenvalue weighted by Crippen LogP contribution is 2.34. The lowest BCUT2D eigenvalue weighted by Crippen LogP contribution is -2.34. The van der Waals surface area contributed by atoms with Gasteiger partial charge < -0.3 is 14.4 Å². The van der Waals surface area contributed by atoms with Crippen LogP contribution >= 0.6 is 0 Å². The Bertz CT molecular complexity index is 697. The monoisotopic (exact) mass is 311 g/mol. The molecule has 0 fully saturated rings. The molecule has 0 atom stereocenters. The van der Waals surface area contributed by atoms with Gasteiger partial charge in [-0.25, -0.2) is 0 Å². The van der Waals surface area contributed by atoms with Crippen molar-refractivity contribution in [3.8, 4) is 11.5 Å². The van der Waals surface area contributed by atoms with Gasteiger partial charge in [0.25, 0.3) is 0 Å². The van der Waals surface area contributed by atoms with E-state index in [1.165, 1.54) is 5.56 Å². The second-order valence-corrected chi connectivity index (χ2v) is 5.74. The van der Waals surface area contributed by atoms with Gasteiger partial charge >= 0.3 is 0 Å². The van der Waals surface area contributed by atoms with Crippen molar-refractivity contribution < 1.29 is 14.3 Å². The zero-order valence-electron chi connectivity index (χ0n) is 13.5. The number of amides is 1. The van der Waals surface area contributed by atoms with E-state index in [9.17, 15) is 4.79 Å². The van der Waals surface area contributed by atoms with E-state index in [1.807, 2.05) is 47.4 Å². The predicted octanol–water partition coefficient (Wildman–Crippen LogP) is 3.18. The average molecular weight is 311 g/mol. The molecule has 0 aromatic heterocycles. The molecule has 4 nitrogen and oxygen atoms in total. The number of benzene rings is 2. The molecule has 0 saturated carbocycles. The van der Waals surface area contributed by atoms with Crippen molar-refractivity contribution in [2.75, 3.05) is 13.7 Å². The highest BCUT2D eigenvalue weighted by Gasteiger charge is 2.21. The Morgan fingerprint density at radius 2 is 1.87 bits per heavy atom. The lowest BCUT2D eigenvalue weighted by Gasteiger charge is -2.28. The number of carbonyl (C=O) groups is 1. The van der Waals surface area contributed by atoms with Gasteiger partial charge in [0, 0.05) is 20.0 Å². The van der Waals surface area contributed by atoms with Crippen LogP contribution in [0.3, 0.4) is 0 Å². The van der Waals surface area contributed by atoms with Crippen molar-refractivity contribution >= 4 is 5.91 Å². The summed E-state index contributed by atoms with van der Waals surface area (Å²) in [5.41, 5.74) is 3.47. The van der Waals surface area contributed by atoms with Crippen LogP contribution in [0.4, 0.5) is 0 Å². The second kappa shape index (κ2) is 6.73. The molecule has 4 heteroatoms. The minimum atomic E-state index is 0.109. The molecule has 2 aromatic rings. The van der Waals surface area contributed by atoms with Gasteiger partial charge in [0.2, 0.25) is 5.91 Å². The van der Waals surface area contributed by atoms with E-state index >= 15 is 0 Å². The topological polar surface area (TPSA) is 38.8 Å². The van der Waals surface area contributed by atoms with Gasteiger partial charge in [0.15, 0.2) is 11.5 Å². The Kier molecular flexibility index (Phi) is 4.51. The minimum absolute atomic E-state index is 0.109. The molecule has 1 aliphatic heterocycles. The van der Waals surface area contributed by atoms with Gasteiger partial charge in [0.1, 0.15) is 6.61 Å². The van der Waals surface area contributed by atoms with E-state index in [-0.39, 0.29) is 5.91 Å². The molecule has 1 heterocycles. The fraction of sp³-hybridized carbons (Fsp3) is 0.316. The summed E-state index contributed by atoms with van der Waals surface area (Å²) in [7, 11) is 1.65. The van der Waals surface area contributed by atoms with Gasteiger partial charge in [-0.3, -0.25) is 4.79 Å². The summed E-state index contributed by atoms with van der Waals surface area (Å²) in [6.45, 7) is 3.50. The Morgan fingerprint density at radius 1 is 1.13 bits per heavy atom. The predicted molar refractivity (Wildman–Crippen MR) is 88.6 cm³/mol. The molecule has 1 aliphatic rings. The number of hydrogen-bond acceptors (Lipinski definition) is 3. The van der Waals surface area contributed by atoms with E-state index in [1.54, 1.807) is 14.0 Å². The van der Waals surface area contributed by atoms with Gasteiger partial charge in [0.05, 0.1) is 7.11 Å². The normalized spacial score (nSPS) is 13.4. The van der Waals surface area contributed by atoms with Gasteiger partial charge in [-0.1, -0.05) is 30.3 Å². The molecule has 0 unspecified atom stereocenters. The minimum Gasteiger partial charge on any atom is -0.493 e. The molecule has 1 amide bonds. The highest BCUT2D eigenvalue weighted by molar-refractivity contribution is 5.73. The molecule has 0 saturated heterocycles. The van der Waals surface area contributed by atoms with E-state index in [2.05, 4.69) is 0 Å². The first kappa shape index (κ1) is 15.4. The molecule has 0 spiro atoms. The standard InChI is InChI=1S/C19H21NO3/c1-14(21)20-9-8-16-10-18(22-2)19(11-17(16)12-20)23-13-15-6-4-3-5-7-15/h3-7,10-11H,8-9,12-13H2,1-2H3. The summed E-state index contributed by atoms with van der Waals surface area (Å²) in [6, 6.07) is 14.1. The van der Waals surface area contributed by atoms with Crippen molar-refractivity contribution in [1.82, 2.24) is 4.90 Å². The van der Waals surface area contributed by atoms with Gasteiger partial charge in [-0.15, -0.1) is 0 Å². The quantitative estimate of drug-likeness (QED) is 0.870. The number of fused-ring (bicyclic) bond motifs is 1. The number of methoxy groups -OCH3 is 1. The molecule has 0 aliphatic carbocycles. The van der Waals surface area contributed by atoms with Crippen molar-refractivity contribution in [2.45, 2.75) is 26.5 Å². The zero-order valence-corrected chi connectivity index (χ0v) is 13.5. The maximum atomic E-state index is 11.6. The molecular formula is C19H21NO3. The number of nitrogens with zero attached hydrogens (tertiary/aromatic N) is 1. The molecule has 0 bridgehead atoms. The van der Waals surface area contributed by atoms with Crippen LogP contribution in [0.15, 0.2) is 42.5 Å². The van der Waals surface area contributed by atoms with Crippen LogP contribution in [0.5, 0.6) is 11.5 Å². The SMILES string of the molecule is COc1cc2c(cc1OCc1ccccc1)CN(C(C)=O)CC2. The molecule has 3 rings (SSSR count). The van der Waals surface area contributed by atoms with Crippen LogP contribution in [0.1, 0.15) is 23.6 Å². The van der Waals surface area contributed by atoms with E-state index < -0.39 is 0 Å². The summed E-state index contributed by atoms with van der Waals surface area (Å²) in [5, 5.41) is 0. The van der Waals surface area contributed by atoms with Crippen LogP contribution < -0.4 is 9.47 Å². The summed E-state index contributed by atoms with van der Waals surface area (Å²) < 4.78 is 11.4. The van der Waals surface area contributed by atoms with Crippen LogP contribution in [0, 0.1) is 0 Å². The molecule has 0 N–H and O–H groups in total. The maximum Gasteiger partial charge on any atom is 0.219 e. The average Bonchev–Trinajstić information content (AvgIpc) is 2.59. The van der Waals surface area contributed by atoms with Gasteiger partial charge in [-0.05, 0) is 35.2 Å². The molecule has 0 radical (unpaired) electrons. The van der Waals surface area contributed by atoms with E-state index in [0.29, 0.717) is 13.2 Å². The van der Waals surface area contributed by atoms with Crippen LogP contribution in [-0.4, -0.2) is 24.5 Å². The molecule has 23 heavy (non-hydrogen) atoms. The van der Waals surface area contributed by atoms with Crippen molar-refractivity contribution in [3.05, 3.63) is 59.2 Å². The number of hydrogen-bond donors (Lipinski definition) is 0. The van der Waals surface area contributed by atoms with Crippen LogP contribution in [0.2, 0.25) is 0 Å². The van der Waals surface area contributed by atoms with Crippen LogP contribution in [-0.2, 0) is 24.4 Å².